The molecular weight excluding hydrogens is 397 g/mol. The predicted octanol–water partition coefficient (Wildman–Crippen LogP) is 3.11. The molecule has 5 rings (SSSR count). The molecule has 1 aromatic carbocycles. The maximum atomic E-state index is 13.2. The van der Waals surface area contributed by atoms with E-state index in [4.69, 9.17) is 0 Å². The highest BCUT2D eigenvalue weighted by atomic mass is 19.1. The topological polar surface area (TPSA) is 92.0 Å². The van der Waals surface area contributed by atoms with Crippen molar-refractivity contribution >= 4 is 33.4 Å². The Bertz CT molecular complexity index is 1220. The summed E-state index contributed by atoms with van der Waals surface area (Å²) < 4.78 is 15.1. The number of fused-ring (bicyclic) bond motifs is 3. The van der Waals surface area contributed by atoms with Crippen LogP contribution < -0.4 is 10.2 Å². The predicted molar refractivity (Wildman–Crippen MR) is 117 cm³/mol. The molecule has 0 spiro atoms. The van der Waals surface area contributed by atoms with Gasteiger partial charge in [-0.2, -0.15) is 5.10 Å². The molecule has 1 saturated heterocycles. The number of aliphatic hydroxyl groups excluding tert-OH is 1. The number of nitrogens with one attached hydrogen (secondary N) is 1. The number of benzene rings is 1. The molecule has 1 aliphatic heterocycles. The van der Waals surface area contributed by atoms with Crippen molar-refractivity contribution in [3.8, 4) is 0 Å². The number of hydrogen-bond acceptors (Lipinski definition) is 7. The lowest BCUT2D eigenvalue weighted by molar-refractivity contribution is 0.145. The van der Waals surface area contributed by atoms with Gasteiger partial charge in [-0.3, -0.25) is 0 Å². The van der Waals surface area contributed by atoms with E-state index in [0.29, 0.717) is 25.2 Å². The third-order valence-corrected chi connectivity index (χ3v) is 5.83. The molecule has 0 radical (unpaired) electrons. The van der Waals surface area contributed by atoms with E-state index < -0.39 is 0 Å². The molecule has 1 fully saturated rings. The maximum Gasteiger partial charge on any atom is 0.160 e. The van der Waals surface area contributed by atoms with E-state index >= 15 is 0 Å². The zero-order valence-corrected chi connectivity index (χ0v) is 17.3. The number of nitrogens with zero attached hydrogens (tertiary/aromatic N) is 6. The summed E-state index contributed by atoms with van der Waals surface area (Å²) in [6.45, 7) is 4.68. The summed E-state index contributed by atoms with van der Waals surface area (Å²) in [5.41, 5.74) is 1.74. The molecule has 0 atom stereocenters. The van der Waals surface area contributed by atoms with Gasteiger partial charge < -0.3 is 15.3 Å². The Hall–Kier alpha value is -3.33. The minimum atomic E-state index is -0.264. The van der Waals surface area contributed by atoms with Gasteiger partial charge in [0.15, 0.2) is 17.3 Å². The fourth-order valence-electron chi connectivity index (χ4n) is 4.11. The third-order valence-electron chi connectivity index (χ3n) is 5.83. The van der Waals surface area contributed by atoms with Crippen LogP contribution in [0.5, 0.6) is 0 Å². The third kappa shape index (κ3) is 3.65. The van der Waals surface area contributed by atoms with Crippen molar-refractivity contribution in [1.29, 1.82) is 0 Å². The second-order valence-corrected chi connectivity index (χ2v) is 7.81. The first-order chi connectivity index (χ1) is 15.1. The van der Waals surface area contributed by atoms with Gasteiger partial charge in [-0.05, 0) is 37.5 Å². The molecule has 31 heavy (non-hydrogen) atoms. The van der Waals surface area contributed by atoms with Crippen LogP contribution in [-0.4, -0.2) is 49.3 Å². The summed E-state index contributed by atoms with van der Waals surface area (Å²) in [6.07, 6.45) is 4.81. The molecule has 160 valence electrons. The Balaban J connectivity index is 1.59. The molecular formula is C22H24FN7O. The maximum absolute atomic E-state index is 13.2. The first-order valence-corrected chi connectivity index (χ1v) is 10.6. The van der Waals surface area contributed by atoms with Crippen LogP contribution in [0.25, 0.3) is 21.8 Å². The van der Waals surface area contributed by atoms with Crippen molar-refractivity contribution in [2.45, 2.75) is 39.0 Å². The second-order valence-electron chi connectivity index (χ2n) is 7.81. The summed E-state index contributed by atoms with van der Waals surface area (Å²) in [7, 11) is 0. The van der Waals surface area contributed by atoms with Gasteiger partial charge in [-0.15, -0.1) is 10.2 Å². The van der Waals surface area contributed by atoms with E-state index in [9.17, 15) is 9.50 Å². The van der Waals surface area contributed by atoms with Gasteiger partial charge in [0, 0.05) is 43.1 Å². The molecule has 0 saturated carbocycles. The first kappa shape index (κ1) is 19.6. The normalized spacial score (nSPS) is 15.1. The van der Waals surface area contributed by atoms with Crippen LogP contribution in [0.15, 0.2) is 36.7 Å². The Morgan fingerprint density at radius 2 is 1.87 bits per heavy atom. The fraction of sp³-hybridized carbons (Fsp3) is 0.364. The van der Waals surface area contributed by atoms with Crippen molar-refractivity contribution < 1.29 is 9.50 Å². The largest absolute Gasteiger partial charge is 0.393 e. The number of anilines is 2. The zero-order valence-electron chi connectivity index (χ0n) is 17.3. The molecule has 4 aromatic rings. The molecule has 0 amide bonds. The van der Waals surface area contributed by atoms with E-state index in [1.165, 1.54) is 12.1 Å². The highest BCUT2D eigenvalue weighted by Gasteiger charge is 2.23. The van der Waals surface area contributed by atoms with Crippen LogP contribution in [0.3, 0.4) is 0 Å². The minimum absolute atomic E-state index is 0.259. The van der Waals surface area contributed by atoms with E-state index in [-0.39, 0.29) is 11.9 Å². The Labute approximate surface area is 178 Å². The van der Waals surface area contributed by atoms with Crippen molar-refractivity contribution in [3.05, 3.63) is 48.0 Å². The number of aromatic nitrogens is 5. The lowest BCUT2D eigenvalue weighted by Gasteiger charge is -2.31. The number of piperidine rings is 1. The minimum Gasteiger partial charge on any atom is -0.393 e. The highest BCUT2D eigenvalue weighted by Crippen LogP contribution is 2.34. The van der Waals surface area contributed by atoms with E-state index in [0.717, 1.165) is 52.8 Å². The van der Waals surface area contributed by atoms with Crippen LogP contribution in [0, 0.1) is 5.82 Å². The second kappa shape index (κ2) is 8.07. The molecule has 3 aromatic heterocycles. The van der Waals surface area contributed by atoms with Gasteiger partial charge in [0.1, 0.15) is 5.82 Å². The van der Waals surface area contributed by atoms with Gasteiger partial charge in [-0.25, -0.2) is 14.1 Å². The number of hydrogen-bond donors (Lipinski definition) is 2. The summed E-state index contributed by atoms with van der Waals surface area (Å²) in [4.78, 5) is 6.82. The van der Waals surface area contributed by atoms with Gasteiger partial charge in [0.05, 0.1) is 17.7 Å². The molecule has 8 nitrogen and oxygen atoms in total. The SMILES string of the molecule is CCn1ncc2c3c(NCc4ccc(F)cc4)nnc(N4CCC(O)CC4)c3cnc21. The number of rotatable bonds is 5. The smallest absolute Gasteiger partial charge is 0.160 e. The molecule has 0 unspecified atom stereocenters. The Kier molecular flexibility index (Phi) is 5.11. The highest BCUT2D eigenvalue weighted by molar-refractivity contribution is 6.13. The zero-order chi connectivity index (χ0) is 21.4. The Morgan fingerprint density at radius 3 is 2.61 bits per heavy atom. The first-order valence-electron chi connectivity index (χ1n) is 10.6. The molecule has 1 aliphatic rings. The molecule has 0 aliphatic carbocycles. The van der Waals surface area contributed by atoms with E-state index in [2.05, 4.69) is 30.5 Å². The number of pyridine rings is 1. The van der Waals surface area contributed by atoms with Crippen LogP contribution in [-0.2, 0) is 13.1 Å². The van der Waals surface area contributed by atoms with Crippen LogP contribution >= 0.6 is 0 Å². The lowest BCUT2D eigenvalue weighted by atomic mass is 10.1. The average molecular weight is 421 g/mol. The van der Waals surface area contributed by atoms with Gasteiger partial charge in [-0.1, -0.05) is 12.1 Å². The molecule has 9 heteroatoms. The monoisotopic (exact) mass is 421 g/mol. The van der Waals surface area contributed by atoms with Crippen molar-refractivity contribution in [3.63, 3.8) is 0 Å². The number of aryl methyl sites for hydroxylation is 1. The van der Waals surface area contributed by atoms with Gasteiger partial charge in [0.25, 0.3) is 0 Å². The van der Waals surface area contributed by atoms with Crippen molar-refractivity contribution in [2.75, 3.05) is 23.3 Å². The van der Waals surface area contributed by atoms with Crippen LogP contribution in [0.2, 0.25) is 0 Å². The van der Waals surface area contributed by atoms with Gasteiger partial charge >= 0.3 is 0 Å². The summed E-state index contributed by atoms with van der Waals surface area (Å²) in [5, 5.41) is 29.5. The summed E-state index contributed by atoms with van der Waals surface area (Å²) in [5.74, 6) is 1.15. The van der Waals surface area contributed by atoms with Crippen LogP contribution in [0.1, 0.15) is 25.3 Å². The van der Waals surface area contributed by atoms with Crippen molar-refractivity contribution in [2.24, 2.45) is 0 Å². The summed E-state index contributed by atoms with van der Waals surface area (Å²) >= 11 is 0. The standard InChI is InChI=1S/C22H24FN7O/c1-2-30-21-18(13-26-30)19-17(12-25-21)22(29-9-7-16(31)8-10-29)28-27-20(19)24-11-14-3-5-15(23)6-4-14/h3-6,12-13,16,31H,2,7-11H2,1H3,(H,24,27). The molecule has 0 bridgehead atoms. The Morgan fingerprint density at radius 1 is 1.10 bits per heavy atom. The molecule has 4 heterocycles. The molecule has 2 N–H and O–H groups in total. The van der Waals surface area contributed by atoms with Gasteiger partial charge in [0.2, 0.25) is 0 Å². The average Bonchev–Trinajstić information content (AvgIpc) is 3.22. The van der Waals surface area contributed by atoms with E-state index in [1.54, 1.807) is 12.1 Å². The lowest BCUT2D eigenvalue weighted by Crippen LogP contribution is -2.36. The summed E-state index contributed by atoms with van der Waals surface area (Å²) in [6, 6.07) is 6.39. The number of aliphatic hydroxyl groups is 1. The fourth-order valence-corrected chi connectivity index (χ4v) is 4.11. The number of halogens is 1. The quantitative estimate of drug-likeness (QED) is 0.512. The van der Waals surface area contributed by atoms with Crippen LogP contribution in [0.4, 0.5) is 16.0 Å². The van der Waals surface area contributed by atoms with Crippen molar-refractivity contribution in [1.82, 2.24) is 25.0 Å². The van der Waals surface area contributed by atoms with E-state index in [1.807, 2.05) is 24.0 Å².